The maximum Gasteiger partial charge on any atom is 0.310 e. The average molecular weight is 184 g/mol. The van der Waals surface area contributed by atoms with E-state index in [1.54, 1.807) is 0 Å². The van der Waals surface area contributed by atoms with Crippen molar-refractivity contribution >= 4 is 5.97 Å². The van der Waals surface area contributed by atoms with Gasteiger partial charge in [-0.3, -0.25) is 4.79 Å². The lowest BCUT2D eigenvalue weighted by atomic mass is 10.0. The summed E-state index contributed by atoms with van der Waals surface area (Å²) in [4.78, 5) is 11.6. The summed E-state index contributed by atoms with van der Waals surface area (Å²) < 4.78 is 5.32. The number of esters is 1. The predicted molar refractivity (Wildman–Crippen MR) is 52.4 cm³/mol. The normalized spacial score (nSPS) is 32.8. The van der Waals surface area contributed by atoms with Gasteiger partial charge >= 0.3 is 5.97 Å². The molecular weight excluding hydrogens is 164 g/mol. The van der Waals surface area contributed by atoms with E-state index in [9.17, 15) is 4.79 Å². The van der Waals surface area contributed by atoms with Crippen LogP contribution in [0.5, 0.6) is 0 Å². The summed E-state index contributed by atoms with van der Waals surface area (Å²) in [5.41, 5.74) is -0.114. The van der Waals surface area contributed by atoms with Crippen molar-refractivity contribution in [3.05, 3.63) is 0 Å². The Kier molecular flexibility index (Phi) is 2.44. The molecule has 13 heavy (non-hydrogen) atoms. The third-order valence-corrected chi connectivity index (χ3v) is 2.85. The molecule has 0 aromatic rings. The fourth-order valence-corrected chi connectivity index (χ4v) is 1.54. The lowest BCUT2D eigenvalue weighted by Gasteiger charge is -2.20. The van der Waals surface area contributed by atoms with Crippen molar-refractivity contribution in [1.29, 1.82) is 0 Å². The molecule has 1 saturated carbocycles. The largest absolute Gasteiger partial charge is 0.460 e. The van der Waals surface area contributed by atoms with E-state index in [2.05, 4.69) is 13.8 Å². The summed E-state index contributed by atoms with van der Waals surface area (Å²) in [7, 11) is 0. The minimum absolute atomic E-state index is 0.0168. The van der Waals surface area contributed by atoms with Gasteiger partial charge < -0.3 is 4.74 Å². The Labute approximate surface area is 80.7 Å². The second-order valence-corrected chi connectivity index (χ2v) is 5.30. The van der Waals surface area contributed by atoms with Gasteiger partial charge in [0.2, 0.25) is 0 Å². The average Bonchev–Trinajstić information content (AvgIpc) is 2.60. The van der Waals surface area contributed by atoms with E-state index in [4.69, 9.17) is 4.74 Å². The fourth-order valence-electron chi connectivity index (χ4n) is 1.54. The van der Waals surface area contributed by atoms with Gasteiger partial charge in [-0.05, 0) is 39.0 Å². The molecule has 1 rings (SSSR count). The zero-order valence-corrected chi connectivity index (χ0v) is 9.31. The van der Waals surface area contributed by atoms with Crippen LogP contribution in [-0.4, -0.2) is 11.6 Å². The van der Waals surface area contributed by atoms with Crippen LogP contribution in [0, 0.1) is 11.3 Å². The molecular formula is C11H20O2. The maximum absolute atomic E-state index is 11.6. The van der Waals surface area contributed by atoms with E-state index >= 15 is 0 Å². The van der Waals surface area contributed by atoms with Gasteiger partial charge in [0.25, 0.3) is 0 Å². The minimum Gasteiger partial charge on any atom is -0.460 e. The molecule has 0 radical (unpaired) electrons. The third kappa shape index (κ3) is 2.45. The standard InChI is InChI=1S/C11H20O2/c1-6-11(5)7-8(11)9(12)13-10(2,3)4/h8H,6-7H2,1-5H3. The van der Waals surface area contributed by atoms with E-state index < -0.39 is 0 Å². The van der Waals surface area contributed by atoms with Crippen LogP contribution in [0.2, 0.25) is 0 Å². The van der Waals surface area contributed by atoms with Gasteiger partial charge in [0, 0.05) is 0 Å². The number of hydrogen-bond acceptors (Lipinski definition) is 2. The number of carbonyl (C=O) groups excluding carboxylic acids is 1. The molecule has 0 heterocycles. The van der Waals surface area contributed by atoms with Gasteiger partial charge in [-0.25, -0.2) is 0 Å². The highest BCUT2D eigenvalue weighted by Crippen LogP contribution is 2.55. The second kappa shape index (κ2) is 3.00. The number of rotatable bonds is 2. The first-order valence-corrected chi connectivity index (χ1v) is 5.01. The summed E-state index contributed by atoms with van der Waals surface area (Å²) in [6, 6.07) is 0. The molecule has 0 amide bonds. The Morgan fingerprint density at radius 3 is 2.38 bits per heavy atom. The van der Waals surface area contributed by atoms with Gasteiger partial charge in [-0.2, -0.15) is 0 Å². The van der Waals surface area contributed by atoms with Crippen molar-refractivity contribution in [2.75, 3.05) is 0 Å². The minimum atomic E-state index is -0.339. The molecule has 1 aliphatic rings. The van der Waals surface area contributed by atoms with Crippen LogP contribution in [0.25, 0.3) is 0 Å². The van der Waals surface area contributed by atoms with E-state index in [-0.39, 0.29) is 22.9 Å². The predicted octanol–water partition coefficient (Wildman–Crippen LogP) is 2.76. The Morgan fingerprint density at radius 2 is 2.08 bits per heavy atom. The van der Waals surface area contributed by atoms with Crippen LogP contribution in [0.15, 0.2) is 0 Å². The van der Waals surface area contributed by atoms with Crippen LogP contribution < -0.4 is 0 Å². The zero-order chi connectivity index (χ0) is 10.3. The van der Waals surface area contributed by atoms with Crippen LogP contribution in [0.1, 0.15) is 47.5 Å². The Bertz CT molecular complexity index is 215. The second-order valence-electron chi connectivity index (χ2n) is 5.30. The van der Waals surface area contributed by atoms with Crippen molar-refractivity contribution < 1.29 is 9.53 Å². The molecule has 0 bridgehead atoms. The quantitative estimate of drug-likeness (QED) is 0.617. The first-order valence-electron chi connectivity index (χ1n) is 5.01. The van der Waals surface area contributed by atoms with Gasteiger partial charge in [-0.1, -0.05) is 13.8 Å². The van der Waals surface area contributed by atoms with E-state index in [0.29, 0.717) is 0 Å². The van der Waals surface area contributed by atoms with Crippen molar-refractivity contribution in [3.8, 4) is 0 Å². The molecule has 2 nitrogen and oxygen atoms in total. The van der Waals surface area contributed by atoms with Crippen molar-refractivity contribution in [1.82, 2.24) is 0 Å². The van der Waals surface area contributed by atoms with Crippen LogP contribution >= 0.6 is 0 Å². The number of hydrogen-bond donors (Lipinski definition) is 0. The number of carbonyl (C=O) groups is 1. The zero-order valence-electron chi connectivity index (χ0n) is 9.31. The SMILES string of the molecule is CCC1(C)CC1C(=O)OC(C)(C)C. The number of ether oxygens (including phenoxy) is 1. The molecule has 2 heteroatoms. The van der Waals surface area contributed by atoms with Crippen LogP contribution in [0.3, 0.4) is 0 Å². The molecule has 0 N–H and O–H groups in total. The fraction of sp³-hybridized carbons (Fsp3) is 0.909. The molecule has 76 valence electrons. The summed E-state index contributed by atoms with van der Waals surface area (Å²) in [6.45, 7) is 10.0. The summed E-state index contributed by atoms with van der Waals surface area (Å²) in [6.07, 6.45) is 2.06. The molecule has 1 fully saturated rings. The summed E-state index contributed by atoms with van der Waals surface area (Å²) in [5, 5.41) is 0. The van der Waals surface area contributed by atoms with E-state index in [1.165, 1.54) is 0 Å². The summed E-state index contributed by atoms with van der Waals surface area (Å²) in [5.74, 6) is 0.133. The van der Waals surface area contributed by atoms with Gasteiger partial charge in [0.05, 0.1) is 5.92 Å². The molecule has 2 atom stereocenters. The maximum atomic E-state index is 11.6. The molecule has 0 aromatic heterocycles. The highest BCUT2D eigenvalue weighted by Gasteiger charge is 2.54. The smallest absolute Gasteiger partial charge is 0.310 e. The lowest BCUT2D eigenvalue weighted by molar-refractivity contribution is -0.157. The molecule has 0 saturated heterocycles. The highest BCUT2D eigenvalue weighted by atomic mass is 16.6. The molecule has 1 aliphatic carbocycles. The topological polar surface area (TPSA) is 26.3 Å². The Hall–Kier alpha value is -0.530. The van der Waals surface area contributed by atoms with Crippen molar-refractivity contribution in [2.24, 2.45) is 11.3 Å². The third-order valence-electron chi connectivity index (χ3n) is 2.85. The first kappa shape index (κ1) is 10.6. The lowest BCUT2D eigenvalue weighted by Crippen LogP contribution is -2.26. The van der Waals surface area contributed by atoms with E-state index in [0.717, 1.165) is 12.8 Å². The monoisotopic (exact) mass is 184 g/mol. The van der Waals surface area contributed by atoms with Crippen molar-refractivity contribution in [3.63, 3.8) is 0 Å². The van der Waals surface area contributed by atoms with E-state index in [1.807, 2.05) is 20.8 Å². The van der Waals surface area contributed by atoms with Crippen molar-refractivity contribution in [2.45, 2.75) is 53.1 Å². The molecule has 0 aromatic carbocycles. The molecule has 0 spiro atoms. The van der Waals surface area contributed by atoms with Gasteiger partial charge in [-0.15, -0.1) is 0 Å². The molecule has 0 aliphatic heterocycles. The van der Waals surface area contributed by atoms with Gasteiger partial charge in [0.1, 0.15) is 5.60 Å². The first-order chi connectivity index (χ1) is 5.78. The Balaban J connectivity index is 2.45. The molecule has 2 unspecified atom stereocenters. The van der Waals surface area contributed by atoms with Gasteiger partial charge in [0.15, 0.2) is 0 Å². The Morgan fingerprint density at radius 1 is 1.54 bits per heavy atom. The van der Waals surface area contributed by atoms with Crippen LogP contribution in [0.4, 0.5) is 0 Å². The van der Waals surface area contributed by atoms with Crippen LogP contribution in [-0.2, 0) is 9.53 Å². The summed E-state index contributed by atoms with van der Waals surface area (Å²) >= 11 is 0. The highest BCUT2D eigenvalue weighted by molar-refractivity contribution is 5.77.